The molecule has 3 nitrogen and oxygen atoms in total. The van der Waals surface area contributed by atoms with Crippen LogP contribution < -0.4 is 0 Å². The molecule has 2 aromatic heterocycles. The molecular formula is C12H10N2OS3. The molecule has 92 valence electrons. The molecule has 0 saturated carbocycles. The molecule has 0 saturated heterocycles. The van der Waals surface area contributed by atoms with E-state index >= 15 is 0 Å². The minimum Gasteiger partial charge on any atom is -0.437 e. The number of thiazole rings is 1. The van der Waals surface area contributed by atoms with Gasteiger partial charge in [0.05, 0.1) is 16.4 Å². The van der Waals surface area contributed by atoms with Crippen molar-refractivity contribution in [2.75, 3.05) is 0 Å². The van der Waals surface area contributed by atoms with E-state index in [9.17, 15) is 0 Å². The van der Waals surface area contributed by atoms with E-state index in [1.807, 2.05) is 0 Å². The third kappa shape index (κ3) is 2.55. The van der Waals surface area contributed by atoms with Gasteiger partial charge in [-0.3, -0.25) is 0 Å². The SMILES string of the molecule is Sc1ncc(CCc2ccc3sc(S)nc3c2)o1. The van der Waals surface area contributed by atoms with Crippen molar-refractivity contribution in [2.24, 2.45) is 0 Å². The second-order valence-electron chi connectivity index (χ2n) is 3.91. The van der Waals surface area contributed by atoms with Crippen LogP contribution in [0.1, 0.15) is 11.3 Å². The number of thiol groups is 2. The Hall–Kier alpha value is -0.980. The van der Waals surface area contributed by atoms with Crippen LogP contribution in [0.4, 0.5) is 0 Å². The summed E-state index contributed by atoms with van der Waals surface area (Å²) >= 11 is 9.90. The van der Waals surface area contributed by atoms with E-state index in [0.29, 0.717) is 5.22 Å². The summed E-state index contributed by atoms with van der Waals surface area (Å²) in [6.07, 6.45) is 3.43. The van der Waals surface area contributed by atoms with Gasteiger partial charge in [0.1, 0.15) is 10.1 Å². The van der Waals surface area contributed by atoms with Crippen LogP contribution in [-0.2, 0) is 12.8 Å². The molecule has 0 bridgehead atoms. The van der Waals surface area contributed by atoms with Gasteiger partial charge in [-0.1, -0.05) is 18.7 Å². The van der Waals surface area contributed by atoms with Gasteiger partial charge in [-0.25, -0.2) is 9.97 Å². The molecule has 0 unspecified atom stereocenters. The number of oxazole rings is 1. The number of hydrogen-bond donors (Lipinski definition) is 2. The molecular weight excluding hydrogens is 284 g/mol. The number of aryl methyl sites for hydroxylation is 2. The van der Waals surface area contributed by atoms with Crippen molar-refractivity contribution >= 4 is 46.8 Å². The molecule has 2 heterocycles. The molecule has 0 fully saturated rings. The maximum Gasteiger partial charge on any atom is 0.252 e. The van der Waals surface area contributed by atoms with Crippen molar-refractivity contribution in [3.05, 3.63) is 35.7 Å². The minimum absolute atomic E-state index is 0.416. The fourth-order valence-corrected chi connectivity index (χ4v) is 3.06. The van der Waals surface area contributed by atoms with E-state index in [1.54, 1.807) is 17.5 Å². The Balaban J connectivity index is 1.78. The lowest BCUT2D eigenvalue weighted by molar-refractivity contribution is 0.418. The highest BCUT2D eigenvalue weighted by atomic mass is 32.2. The topological polar surface area (TPSA) is 38.9 Å². The number of aromatic nitrogens is 2. The molecule has 0 radical (unpaired) electrons. The minimum atomic E-state index is 0.416. The van der Waals surface area contributed by atoms with Gasteiger partial charge >= 0.3 is 0 Å². The summed E-state index contributed by atoms with van der Waals surface area (Å²) in [6, 6.07) is 6.31. The predicted octanol–water partition coefficient (Wildman–Crippen LogP) is 3.65. The molecule has 0 aliphatic heterocycles. The summed E-state index contributed by atoms with van der Waals surface area (Å²) in [5.74, 6) is 0.855. The first-order chi connectivity index (χ1) is 8.70. The second kappa shape index (κ2) is 4.95. The zero-order valence-corrected chi connectivity index (χ0v) is 11.9. The number of benzene rings is 1. The molecule has 18 heavy (non-hydrogen) atoms. The Morgan fingerprint density at radius 2 is 2.11 bits per heavy atom. The number of fused-ring (bicyclic) bond motifs is 1. The molecule has 3 aromatic rings. The van der Waals surface area contributed by atoms with Crippen LogP contribution in [0, 0.1) is 0 Å². The Labute approximate surface area is 119 Å². The van der Waals surface area contributed by atoms with Crippen LogP contribution in [0.2, 0.25) is 0 Å². The van der Waals surface area contributed by atoms with E-state index < -0.39 is 0 Å². The van der Waals surface area contributed by atoms with Crippen molar-refractivity contribution < 1.29 is 4.42 Å². The van der Waals surface area contributed by atoms with Crippen LogP contribution in [0.15, 0.2) is 38.4 Å². The van der Waals surface area contributed by atoms with Gasteiger partial charge in [-0.05, 0) is 24.1 Å². The molecule has 1 aromatic carbocycles. The summed E-state index contributed by atoms with van der Waals surface area (Å²) in [4.78, 5) is 8.33. The van der Waals surface area contributed by atoms with E-state index in [0.717, 1.165) is 28.5 Å². The fourth-order valence-electron chi connectivity index (χ4n) is 1.80. The van der Waals surface area contributed by atoms with E-state index in [2.05, 4.69) is 53.4 Å². The molecule has 0 atom stereocenters. The summed E-state index contributed by atoms with van der Waals surface area (Å²) in [6.45, 7) is 0. The maximum absolute atomic E-state index is 5.32. The lowest BCUT2D eigenvalue weighted by atomic mass is 10.1. The van der Waals surface area contributed by atoms with Gasteiger partial charge in [0.25, 0.3) is 5.22 Å². The van der Waals surface area contributed by atoms with E-state index in [-0.39, 0.29) is 0 Å². The van der Waals surface area contributed by atoms with Gasteiger partial charge in [0.2, 0.25) is 0 Å². The Kier molecular flexibility index (Phi) is 3.32. The zero-order valence-electron chi connectivity index (χ0n) is 9.33. The van der Waals surface area contributed by atoms with E-state index in [4.69, 9.17) is 4.42 Å². The summed E-state index contributed by atoms with van der Waals surface area (Å²) in [7, 11) is 0. The maximum atomic E-state index is 5.32. The van der Waals surface area contributed by atoms with Crippen molar-refractivity contribution in [2.45, 2.75) is 22.4 Å². The largest absolute Gasteiger partial charge is 0.437 e. The summed E-state index contributed by atoms with van der Waals surface area (Å²) in [5, 5.41) is 0.416. The first kappa shape index (κ1) is 12.1. The number of rotatable bonds is 3. The Morgan fingerprint density at radius 3 is 2.89 bits per heavy atom. The Bertz CT molecular complexity index is 690. The van der Waals surface area contributed by atoms with Crippen molar-refractivity contribution in [3.63, 3.8) is 0 Å². The standard InChI is InChI=1S/C12H10N2OS3/c16-11-13-6-8(15-11)3-1-7-2-4-10-9(5-7)14-12(17)18-10/h2,4-6H,1,3H2,(H,13,16)(H,14,17). The number of nitrogens with zero attached hydrogens (tertiary/aromatic N) is 2. The van der Waals surface area contributed by atoms with Crippen molar-refractivity contribution in [3.8, 4) is 0 Å². The number of hydrogen-bond acceptors (Lipinski definition) is 6. The molecule has 0 amide bonds. The first-order valence-electron chi connectivity index (χ1n) is 5.43. The summed E-state index contributed by atoms with van der Waals surface area (Å²) < 4.78 is 7.29. The van der Waals surface area contributed by atoms with Gasteiger partial charge in [0, 0.05) is 6.42 Å². The monoisotopic (exact) mass is 294 g/mol. The average molecular weight is 294 g/mol. The summed E-state index contributed by atoms with van der Waals surface area (Å²) in [5.41, 5.74) is 2.24. The van der Waals surface area contributed by atoms with E-state index in [1.165, 1.54) is 10.3 Å². The van der Waals surface area contributed by atoms with Gasteiger partial charge in [-0.2, -0.15) is 0 Å². The molecule has 0 aliphatic rings. The molecule has 3 rings (SSSR count). The highest BCUT2D eigenvalue weighted by Crippen LogP contribution is 2.25. The molecule has 6 heteroatoms. The third-order valence-electron chi connectivity index (χ3n) is 2.64. The fraction of sp³-hybridized carbons (Fsp3) is 0.167. The average Bonchev–Trinajstić information content (AvgIpc) is 2.90. The van der Waals surface area contributed by atoms with Gasteiger partial charge in [-0.15, -0.1) is 24.0 Å². The highest BCUT2D eigenvalue weighted by molar-refractivity contribution is 7.83. The van der Waals surface area contributed by atoms with Crippen molar-refractivity contribution in [1.82, 2.24) is 9.97 Å². The van der Waals surface area contributed by atoms with Crippen LogP contribution >= 0.6 is 36.6 Å². The van der Waals surface area contributed by atoms with Gasteiger partial charge in [0.15, 0.2) is 0 Å². The zero-order chi connectivity index (χ0) is 12.5. The van der Waals surface area contributed by atoms with Crippen LogP contribution in [-0.4, -0.2) is 9.97 Å². The smallest absolute Gasteiger partial charge is 0.252 e. The molecule has 0 aliphatic carbocycles. The van der Waals surface area contributed by atoms with Crippen LogP contribution in [0.3, 0.4) is 0 Å². The molecule has 0 N–H and O–H groups in total. The lowest BCUT2D eigenvalue weighted by Gasteiger charge is -1.98. The normalized spacial score (nSPS) is 11.2. The first-order valence-corrected chi connectivity index (χ1v) is 7.14. The van der Waals surface area contributed by atoms with Crippen molar-refractivity contribution in [1.29, 1.82) is 0 Å². The highest BCUT2D eigenvalue weighted by Gasteiger charge is 2.04. The lowest BCUT2D eigenvalue weighted by Crippen LogP contribution is -1.89. The Morgan fingerprint density at radius 1 is 1.22 bits per heavy atom. The third-order valence-corrected chi connectivity index (χ3v) is 4.06. The predicted molar refractivity (Wildman–Crippen MR) is 78.0 cm³/mol. The van der Waals surface area contributed by atoms with Crippen LogP contribution in [0.5, 0.6) is 0 Å². The quantitative estimate of drug-likeness (QED) is 0.724. The van der Waals surface area contributed by atoms with Gasteiger partial charge < -0.3 is 4.42 Å². The second-order valence-corrected chi connectivity index (χ2v) is 6.05. The van der Waals surface area contributed by atoms with Crippen LogP contribution in [0.25, 0.3) is 10.2 Å². The molecule has 0 spiro atoms.